The van der Waals surface area contributed by atoms with Gasteiger partial charge in [0, 0.05) is 19.9 Å². The van der Waals surface area contributed by atoms with Crippen molar-refractivity contribution < 1.29 is 19.0 Å². The first-order valence-corrected chi connectivity index (χ1v) is 6.37. The van der Waals surface area contributed by atoms with Crippen LogP contribution in [0.3, 0.4) is 0 Å². The highest BCUT2D eigenvalue weighted by Gasteiger charge is 2.13. The summed E-state index contributed by atoms with van der Waals surface area (Å²) in [5.41, 5.74) is 0.402. The summed E-state index contributed by atoms with van der Waals surface area (Å²) in [7, 11) is 1.46. The number of amides is 1. The van der Waals surface area contributed by atoms with Crippen molar-refractivity contribution in [3.05, 3.63) is 48.0 Å². The second kappa shape index (κ2) is 6.96. The minimum absolute atomic E-state index is 0.0548. The summed E-state index contributed by atoms with van der Waals surface area (Å²) in [5.74, 6) is -0.872. The second-order valence-electron chi connectivity index (χ2n) is 4.42. The maximum absolute atomic E-state index is 13.6. The molecule has 0 aliphatic heterocycles. The number of aromatic nitrogens is 2. The van der Waals surface area contributed by atoms with Gasteiger partial charge in [0.15, 0.2) is 5.69 Å². The molecule has 2 N–H and O–H groups in total. The fourth-order valence-electron chi connectivity index (χ4n) is 1.77. The Morgan fingerprint density at radius 3 is 2.95 bits per heavy atom. The molecular formula is C14H16FN3O3. The van der Waals surface area contributed by atoms with Gasteiger partial charge in [-0.05, 0) is 18.2 Å². The molecule has 0 saturated heterocycles. The van der Waals surface area contributed by atoms with Crippen molar-refractivity contribution in [1.29, 1.82) is 0 Å². The minimum atomic E-state index is -0.785. The van der Waals surface area contributed by atoms with Crippen molar-refractivity contribution in [2.75, 3.05) is 20.3 Å². The van der Waals surface area contributed by atoms with Crippen molar-refractivity contribution >= 4 is 5.91 Å². The van der Waals surface area contributed by atoms with Crippen LogP contribution < -0.4 is 5.32 Å². The smallest absolute Gasteiger partial charge is 0.271 e. The Morgan fingerprint density at radius 2 is 2.24 bits per heavy atom. The van der Waals surface area contributed by atoms with E-state index >= 15 is 0 Å². The van der Waals surface area contributed by atoms with Crippen molar-refractivity contribution in [1.82, 2.24) is 15.1 Å². The van der Waals surface area contributed by atoms with Crippen molar-refractivity contribution in [2.24, 2.45) is 0 Å². The molecule has 0 fully saturated rings. The van der Waals surface area contributed by atoms with Crippen molar-refractivity contribution in [3.8, 4) is 5.69 Å². The molecule has 21 heavy (non-hydrogen) atoms. The van der Waals surface area contributed by atoms with Gasteiger partial charge in [-0.1, -0.05) is 12.1 Å². The molecule has 112 valence electrons. The summed E-state index contributed by atoms with van der Waals surface area (Å²) in [6.07, 6.45) is 0.714. The number of hydrogen-bond acceptors (Lipinski definition) is 4. The van der Waals surface area contributed by atoms with Crippen LogP contribution in [0.5, 0.6) is 0 Å². The third-order valence-corrected chi connectivity index (χ3v) is 2.78. The van der Waals surface area contributed by atoms with Gasteiger partial charge in [-0.2, -0.15) is 5.10 Å². The summed E-state index contributed by atoms with van der Waals surface area (Å²) in [4.78, 5) is 11.9. The summed E-state index contributed by atoms with van der Waals surface area (Å²) >= 11 is 0. The molecule has 0 saturated carbocycles. The van der Waals surface area contributed by atoms with E-state index in [1.807, 2.05) is 0 Å². The van der Waals surface area contributed by atoms with E-state index in [9.17, 15) is 14.3 Å². The van der Waals surface area contributed by atoms with Crippen LogP contribution in [0.1, 0.15) is 10.5 Å². The SMILES string of the molecule is COCC(O)CNC(=O)c1ccn(-c2ccccc2F)n1. The van der Waals surface area contributed by atoms with E-state index in [1.165, 1.54) is 30.1 Å². The molecule has 2 aromatic rings. The Morgan fingerprint density at radius 1 is 1.48 bits per heavy atom. The van der Waals surface area contributed by atoms with Crippen LogP contribution in [0.15, 0.2) is 36.5 Å². The maximum Gasteiger partial charge on any atom is 0.271 e. The van der Waals surface area contributed by atoms with Crippen molar-refractivity contribution in [3.63, 3.8) is 0 Å². The molecule has 1 amide bonds. The first-order valence-electron chi connectivity index (χ1n) is 6.37. The van der Waals surface area contributed by atoms with E-state index in [0.29, 0.717) is 0 Å². The van der Waals surface area contributed by atoms with E-state index in [-0.39, 0.29) is 24.5 Å². The lowest BCUT2D eigenvalue weighted by molar-refractivity contribution is 0.0608. The van der Waals surface area contributed by atoms with Crippen LogP contribution in [-0.2, 0) is 4.74 Å². The number of carbonyl (C=O) groups is 1. The van der Waals surface area contributed by atoms with E-state index < -0.39 is 17.8 Å². The van der Waals surface area contributed by atoms with Gasteiger partial charge in [-0.15, -0.1) is 0 Å². The number of halogens is 1. The Bertz CT molecular complexity index is 615. The highest BCUT2D eigenvalue weighted by atomic mass is 19.1. The molecule has 0 aliphatic rings. The average molecular weight is 293 g/mol. The fourth-order valence-corrected chi connectivity index (χ4v) is 1.77. The summed E-state index contributed by atoms with van der Waals surface area (Å²) in [6.45, 7) is 0.184. The molecule has 1 unspecified atom stereocenters. The zero-order valence-corrected chi connectivity index (χ0v) is 11.5. The zero-order chi connectivity index (χ0) is 15.2. The molecular weight excluding hydrogens is 277 g/mol. The van der Waals surface area contributed by atoms with Crippen LogP contribution in [0.4, 0.5) is 4.39 Å². The second-order valence-corrected chi connectivity index (χ2v) is 4.42. The van der Waals surface area contributed by atoms with Gasteiger partial charge in [-0.3, -0.25) is 4.79 Å². The molecule has 0 spiro atoms. The lowest BCUT2D eigenvalue weighted by Gasteiger charge is -2.09. The lowest BCUT2D eigenvalue weighted by atomic mass is 10.3. The number of para-hydroxylation sites is 1. The van der Waals surface area contributed by atoms with Crippen LogP contribution in [0.2, 0.25) is 0 Å². The third-order valence-electron chi connectivity index (χ3n) is 2.78. The standard InChI is InChI=1S/C14H16FN3O3/c1-21-9-10(19)8-16-14(20)12-6-7-18(17-12)13-5-3-2-4-11(13)15/h2-7,10,19H,8-9H2,1H3,(H,16,20). The summed E-state index contributed by atoms with van der Waals surface area (Å²) in [5, 5.41) is 16.0. The Kier molecular flexibility index (Phi) is 5.02. The van der Waals surface area contributed by atoms with Gasteiger partial charge >= 0.3 is 0 Å². The monoisotopic (exact) mass is 293 g/mol. The summed E-state index contributed by atoms with van der Waals surface area (Å²) < 4.78 is 19.7. The number of aliphatic hydroxyl groups is 1. The van der Waals surface area contributed by atoms with Gasteiger partial charge in [0.25, 0.3) is 5.91 Å². The molecule has 0 aliphatic carbocycles. The predicted molar refractivity (Wildman–Crippen MR) is 73.7 cm³/mol. The normalized spacial score (nSPS) is 12.1. The molecule has 7 heteroatoms. The molecule has 2 rings (SSSR count). The number of nitrogens with one attached hydrogen (secondary N) is 1. The molecule has 0 radical (unpaired) electrons. The molecule has 1 aromatic carbocycles. The molecule has 1 atom stereocenters. The highest BCUT2D eigenvalue weighted by Crippen LogP contribution is 2.12. The molecule has 0 bridgehead atoms. The van der Waals surface area contributed by atoms with Gasteiger partial charge < -0.3 is 15.2 Å². The Labute approximate surface area is 121 Å². The Balaban J connectivity index is 2.03. The number of hydrogen-bond donors (Lipinski definition) is 2. The van der Waals surface area contributed by atoms with E-state index in [1.54, 1.807) is 18.2 Å². The number of aliphatic hydroxyl groups excluding tert-OH is 1. The first kappa shape index (κ1) is 15.1. The zero-order valence-electron chi connectivity index (χ0n) is 11.5. The van der Waals surface area contributed by atoms with E-state index in [0.717, 1.165) is 0 Å². The number of methoxy groups -OCH3 is 1. The number of rotatable bonds is 6. The largest absolute Gasteiger partial charge is 0.389 e. The molecule has 6 nitrogen and oxygen atoms in total. The maximum atomic E-state index is 13.6. The first-order chi connectivity index (χ1) is 10.1. The predicted octanol–water partition coefficient (Wildman–Crippen LogP) is 0.748. The fraction of sp³-hybridized carbons (Fsp3) is 0.286. The van der Waals surface area contributed by atoms with Gasteiger partial charge in [-0.25, -0.2) is 9.07 Å². The van der Waals surface area contributed by atoms with E-state index in [2.05, 4.69) is 10.4 Å². The quantitative estimate of drug-likeness (QED) is 0.824. The van der Waals surface area contributed by atoms with Crippen molar-refractivity contribution in [2.45, 2.75) is 6.10 Å². The highest BCUT2D eigenvalue weighted by molar-refractivity contribution is 5.92. The Hall–Kier alpha value is -2.25. The van der Waals surface area contributed by atoms with Crippen LogP contribution in [-0.4, -0.2) is 47.2 Å². The third kappa shape index (κ3) is 3.87. The minimum Gasteiger partial charge on any atom is -0.389 e. The number of ether oxygens (including phenoxy) is 1. The van der Waals surface area contributed by atoms with Gasteiger partial charge in [0.05, 0.1) is 12.7 Å². The molecule has 1 heterocycles. The van der Waals surface area contributed by atoms with Crippen LogP contribution in [0.25, 0.3) is 5.69 Å². The lowest BCUT2D eigenvalue weighted by Crippen LogP contribution is -2.34. The van der Waals surface area contributed by atoms with Crippen LogP contribution in [0, 0.1) is 5.82 Å². The molecule has 1 aromatic heterocycles. The van der Waals surface area contributed by atoms with Gasteiger partial charge in [0.1, 0.15) is 11.5 Å². The average Bonchev–Trinajstić information content (AvgIpc) is 2.95. The van der Waals surface area contributed by atoms with Gasteiger partial charge in [0.2, 0.25) is 0 Å². The topological polar surface area (TPSA) is 76.4 Å². The van der Waals surface area contributed by atoms with Crippen LogP contribution >= 0.6 is 0 Å². The number of carbonyl (C=O) groups excluding carboxylic acids is 1. The number of nitrogens with zero attached hydrogens (tertiary/aromatic N) is 2. The number of benzene rings is 1. The van der Waals surface area contributed by atoms with E-state index in [4.69, 9.17) is 4.74 Å². The summed E-state index contributed by atoms with van der Waals surface area (Å²) in [6, 6.07) is 7.61.